The van der Waals surface area contributed by atoms with Crippen molar-refractivity contribution in [3.05, 3.63) is 47.8 Å². The number of nitrogens with two attached hydrogens (primary N) is 1. The maximum absolute atomic E-state index is 12.9. The summed E-state index contributed by atoms with van der Waals surface area (Å²) < 4.78 is 39.6. The Kier molecular flexibility index (Phi) is 6.02. The SMILES string of the molecule is CC(C)(CN)NC(=O)c1cccc(-n2nccc2C(F)(F)F)c1.Cl. The van der Waals surface area contributed by atoms with E-state index >= 15 is 0 Å². The Bertz CT molecular complexity index is 713. The van der Waals surface area contributed by atoms with Crippen LogP contribution in [0.5, 0.6) is 0 Å². The molecule has 24 heavy (non-hydrogen) atoms. The van der Waals surface area contributed by atoms with Crippen LogP contribution in [0.15, 0.2) is 36.5 Å². The van der Waals surface area contributed by atoms with Crippen molar-refractivity contribution in [2.75, 3.05) is 6.54 Å². The van der Waals surface area contributed by atoms with Crippen LogP contribution in [0.4, 0.5) is 13.2 Å². The molecule has 0 unspecified atom stereocenters. The van der Waals surface area contributed by atoms with Crippen molar-refractivity contribution in [3.8, 4) is 5.69 Å². The molecule has 0 saturated heterocycles. The number of rotatable bonds is 4. The van der Waals surface area contributed by atoms with Gasteiger partial charge < -0.3 is 11.1 Å². The molecule has 0 radical (unpaired) electrons. The molecular weight excluding hydrogens is 345 g/mol. The lowest BCUT2D eigenvalue weighted by Crippen LogP contribution is -2.48. The monoisotopic (exact) mass is 362 g/mol. The number of hydrogen-bond acceptors (Lipinski definition) is 3. The summed E-state index contributed by atoms with van der Waals surface area (Å²) in [5, 5.41) is 6.41. The van der Waals surface area contributed by atoms with Gasteiger partial charge in [0.15, 0.2) is 0 Å². The Hall–Kier alpha value is -2.06. The molecule has 132 valence electrons. The van der Waals surface area contributed by atoms with Gasteiger partial charge in [-0.05, 0) is 38.1 Å². The highest BCUT2D eigenvalue weighted by Gasteiger charge is 2.35. The van der Waals surface area contributed by atoms with Crippen LogP contribution in [0.1, 0.15) is 29.9 Å². The lowest BCUT2D eigenvalue weighted by Gasteiger charge is -2.24. The zero-order valence-corrected chi connectivity index (χ0v) is 13.9. The number of carbonyl (C=O) groups is 1. The van der Waals surface area contributed by atoms with Crippen LogP contribution in [-0.2, 0) is 6.18 Å². The molecule has 1 heterocycles. The predicted octanol–water partition coefficient (Wildman–Crippen LogP) is 2.78. The van der Waals surface area contributed by atoms with Crippen LogP contribution in [0, 0.1) is 0 Å². The fourth-order valence-corrected chi connectivity index (χ4v) is 1.93. The van der Waals surface area contributed by atoms with E-state index in [9.17, 15) is 18.0 Å². The number of nitrogens with one attached hydrogen (secondary N) is 1. The third-order valence-corrected chi connectivity index (χ3v) is 3.25. The second-order valence-corrected chi connectivity index (χ2v) is 5.72. The molecule has 0 fully saturated rings. The Balaban J connectivity index is 0.00000288. The van der Waals surface area contributed by atoms with Gasteiger partial charge in [0.2, 0.25) is 0 Å². The van der Waals surface area contributed by atoms with E-state index in [1.165, 1.54) is 24.3 Å². The minimum atomic E-state index is -4.53. The fourth-order valence-electron chi connectivity index (χ4n) is 1.93. The number of nitrogens with zero attached hydrogens (tertiary/aromatic N) is 2. The van der Waals surface area contributed by atoms with Gasteiger partial charge in [-0.2, -0.15) is 18.3 Å². The quantitative estimate of drug-likeness (QED) is 0.878. The summed E-state index contributed by atoms with van der Waals surface area (Å²) >= 11 is 0. The zero-order chi connectivity index (χ0) is 17.3. The van der Waals surface area contributed by atoms with Gasteiger partial charge in [0.1, 0.15) is 5.69 Å². The van der Waals surface area contributed by atoms with E-state index in [4.69, 9.17) is 5.73 Å². The number of benzene rings is 1. The molecule has 1 aromatic carbocycles. The molecular formula is C15H18ClF3N4O. The molecule has 0 saturated carbocycles. The molecule has 5 nitrogen and oxygen atoms in total. The smallest absolute Gasteiger partial charge is 0.346 e. The minimum Gasteiger partial charge on any atom is -0.346 e. The number of amides is 1. The summed E-state index contributed by atoms with van der Waals surface area (Å²) in [6.07, 6.45) is -3.47. The van der Waals surface area contributed by atoms with Gasteiger partial charge in [-0.3, -0.25) is 4.79 Å². The number of aromatic nitrogens is 2. The van der Waals surface area contributed by atoms with Gasteiger partial charge in [-0.15, -0.1) is 12.4 Å². The van der Waals surface area contributed by atoms with Crippen molar-refractivity contribution in [1.29, 1.82) is 0 Å². The van der Waals surface area contributed by atoms with Crippen LogP contribution < -0.4 is 11.1 Å². The van der Waals surface area contributed by atoms with E-state index in [0.717, 1.165) is 16.9 Å². The summed E-state index contributed by atoms with van der Waals surface area (Å²) in [6, 6.07) is 6.70. The van der Waals surface area contributed by atoms with Crippen molar-refractivity contribution in [2.24, 2.45) is 5.73 Å². The van der Waals surface area contributed by atoms with Crippen molar-refractivity contribution in [2.45, 2.75) is 25.6 Å². The van der Waals surface area contributed by atoms with Crippen LogP contribution in [0.2, 0.25) is 0 Å². The van der Waals surface area contributed by atoms with Gasteiger partial charge in [0, 0.05) is 17.6 Å². The highest BCUT2D eigenvalue weighted by molar-refractivity contribution is 5.95. The van der Waals surface area contributed by atoms with Crippen molar-refractivity contribution in [1.82, 2.24) is 15.1 Å². The van der Waals surface area contributed by atoms with E-state index in [0.29, 0.717) is 0 Å². The van der Waals surface area contributed by atoms with Crippen molar-refractivity contribution in [3.63, 3.8) is 0 Å². The molecule has 1 aromatic heterocycles. The van der Waals surface area contributed by atoms with Crippen LogP contribution in [-0.4, -0.2) is 27.8 Å². The predicted molar refractivity (Wildman–Crippen MR) is 86.4 cm³/mol. The number of carbonyl (C=O) groups excluding carboxylic acids is 1. The Morgan fingerprint density at radius 2 is 1.96 bits per heavy atom. The third-order valence-electron chi connectivity index (χ3n) is 3.25. The standard InChI is InChI=1S/C15H17F3N4O.ClH/c1-14(2,9-19)21-13(23)10-4-3-5-11(8-10)22-12(6-7-20-22)15(16,17)18;/h3-8H,9,19H2,1-2H3,(H,21,23);1H. The summed E-state index contributed by atoms with van der Waals surface area (Å²) in [7, 11) is 0. The van der Waals surface area contributed by atoms with E-state index in [1.54, 1.807) is 13.8 Å². The maximum atomic E-state index is 12.9. The second-order valence-electron chi connectivity index (χ2n) is 5.72. The molecule has 0 aliphatic carbocycles. The Labute approximate surface area is 143 Å². The Morgan fingerprint density at radius 3 is 2.54 bits per heavy atom. The highest BCUT2D eigenvalue weighted by atomic mass is 35.5. The van der Waals surface area contributed by atoms with Crippen LogP contribution >= 0.6 is 12.4 Å². The molecule has 9 heteroatoms. The van der Waals surface area contributed by atoms with Crippen molar-refractivity contribution >= 4 is 18.3 Å². The normalized spacial score (nSPS) is 11.8. The molecule has 1 amide bonds. The van der Waals surface area contributed by atoms with E-state index in [-0.39, 0.29) is 30.2 Å². The average Bonchev–Trinajstić information content (AvgIpc) is 2.96. The molecule has 3 N–H and O–H groups in total. The summed E-state index contributed by atoms with van der Waals surface area (Å²) in [5.74, 6) is -0.414. The lowest BCUT2D eigenvalue weighted by atomic mass is 10.1. The molecule has 0 aliphatic rings. The van der Waals surface area contributed by atoms with E-state index < -0.39 is 23.3 Å². The second kappa shape index (κ2) is 7.23. The topological polar surface area (TPSA) is 72.9 Å². The van der Waals surface area contributed by atoms with Gasteiger partial charge in [-0.1, -0.05) is 6.07 Å². The molecule has 0 spiro atoms. The minimum absolute atomic E-state index is 0. The summed E-state index contributed by atoms with van der Waals surface area (Å²) in [6.45, 7) is 3.74. The third kappa shape index (κ3) is 4.48. The van der Waals surface area contributed by atoms with Crippen molar-refractivity contribution < 1.29 is 18.0 Å². The van der Waals surface area contributed by atoms with E-state index in [2.05, 4.69) is 10.4 Å². The fraction of sp³-hybridized carbons (Fsp3) is 0.333. The Morgan fingerprint density at radius 1 is 1.29 bits per heavy atom. The molecule has 2 rings (SSSR count). The van der Waals surface area contributed by atoms with Gasteiger partial charge in [0.25, 0.3) is 5.91 Å². The van der Waals surface area contributed by atoms with Crippen LogP contribution in [0.3, 0.4) is 0 Å². The van der Waals surface area contributed by atoms with Gasteiger partial charge >= 0.3 is 6.18 Å². The summed E-state index contributed by atoms with van der Waals surface area (Å²) in [4.78, 5) is 12.2. The first kappa shape index (κ1) is 20.0. The highest BCUT2D eigenvalue weighted by Crippen LogP contribution is 2.30. The first-order valence-corrected chi connectivity index (χ1v) is 6.88. The molecule has 2 aromatic rings. The van der Waals surface area contributed by atoms with Gasteiger partial charge in [0.05, 0.1) is 11.9 Å². The number of hydrogen-bond donors (Lipinski definition) is 2. The number of halogens is 4. The molecule has 0 bridgehead atoms. The van der Waals surface area contributed by atoms with Crippen LogP contribution in [0.25, 0.3) is 5.69 Å². The maximum Gasteiger partial charge on any atom is 0.433 e. The first-order valence-electron chi connectivity index (χ1n) is 6.88. The summed E-state index contributed by atoms with van der Waals surface area (Å²) in [5.41, 5.74) is 4.42. The average molecular weight is 363 g/mol. The molecule has 0 atom stereocenters. The van der Waals surface area contributed by atoms with Gasteiger partial charge in [-0.25, -0.2) is 4.68 Å². The van der Waals surface area contributed by atoms with E-state index in [1.807, 2.05) is 0 Å². The number of alkyl halides is 3. The lowest BCUT2D eigenvalue weighted by molar-refractivity contribution is -0.142. The first-order chi connectivity index (χ1) is 10.6. The largest absolute Gasteiger partial charge is 0.433 e. The zero-order valence-electron chi connectivity index (χ0n) is 13.1. The molecule has 0 aliphatic heterocycles.